The molecule has 0 saturated carbocycles. The minimum absolute atomic E-state index is 0.0111. The number of aryl methyl sites for hydroxylation is 1. The number of furan rings is 1. The molecule has 0 radical (unpaired) electrons. The van der Waals surface area contributed by atoms with Gasteiger partial charge in [0.15, 0.2) is 0 Å². The summed E-state index contributed by atoms with van der Waals surface area (Å²) in [4.78, 5) is 23.3. The Kier molecular flexibility index (Phi) is 4.57. The van der Waals surface area contributed by atoms with Gasteiger partial charge in [-0.15, -0.1) is 11.3 Å². The van der Waals surface area contributed by atoms with E-state index in [-0.39, 0.29) is 16.8 Å². The van der Waals surface area contributed by atoms with Crippen molar-refractivity contribution in [1.82, 2.24) is 5.32 Å². The molecule has 0 aliphatic rings. The van der Waals surface area contributed by atoms with Crippen LogP contribution in [0.15, 0.2) is 34.9 Å². The van der Waals surface area contributed by atoms with Crippen molar-refractivity contribution in [2.45, 2.75) is 25.8 Å². The van der Waals surface area contributed by atoms with Gasteiger partial charge < -0.3 is 14.8 Å². The zero-order valence-electron chi connectivity index (χ0n) is 11.0. The van der Waals surface area contributed by atoms with Gasteiger partial charge in [0.1, 0.15) is 10.6 Å². The van der Waals surface area contributed by atoms with Crippen LogP contribution < -0.4 is 5.32 Å². The minimum Gasteiger partial charge on any atom is -0.477 e. The molecule has 0 saturated heterocycles. The van der Waals surface area contributed by atoms with Gasteiger partial charge in [-0.3, -0.25) is 4.79 Å². The fraction of sp³-hybridized carbons (Fsp3) is 0.286. The zero-order valence-corrected chi connectivity index (χ0v) is 11.8. The molecular weight excluding hydrogens is 278 g/mol. The van der Waals surface area contributed by atoms with Crippen LogP contribution in [0.25, 0.3) is 0 Å². The Hall–Kier alpha value is -2.08. The number of carboxylic acid groups (broad SMARTS) is 1. The molecule has 5 nitrogen and oxygen atoms in total. The van der Waals surface area contributed by atoms with Gasteiger partial charge in [-0.25, -0.2) is 4.79 Å². The lowest BCUT2D eigenvalue weighted by Gasteiger charge is -2.12. The largest absolute Gasteiger partial charge is 0.477 e. The third-order valence-electron chi connectivity index (χ3n) is 2.82. The highest BCUT2D eigenvalue weighted by molar-refractivity contribution is 7.15. The smallest absolute Gasteiger partial charge is 0.345 e. The van der Waals surface area contributed by atoms with Crippen molar-refractivity contribution in [3.63, 3.8) is 0 Å². The Labute approximate surface area is 120 Å². The van der Waals surface area contributed by atoms with Crippen LogP contribution in [-0.2, 0) is 6.42 Å². The van der Waals surface area contributed by atoms with Gasteiger partial charge >= 0.3 is 5.97 Å². The molecule has 2 rings (SSSR count). The summed E-state index contributed by atoms with van der Waals surface area (Å²) in [6.45, 7) is 1.91. The predicted octanol–water partition coefficient (Wildman–Crippen LogP) is 2.79. The highest BCUT2D eigenvalue weighted by Crippen LogP contribution is 2.16. The third-order valence-corrected chi connectivity index (χ3v) is 3.89. The van der Waals surface area contributed by atoms with Gasteiger partial charge in [-0.2, -0.15) is 0 Å². The standard InChI is InChI=1S/C14H15NO4S/c1-9(4-5-10-3-2-8-19-10)15-13(16)11-6-7-12(20-11)14(17)18/h2-3,6-9H,4-5H2,1H3,(H,15,16)(H,17,18). The molecule has 1 unspecified atom stereocenters. The Morgan fingerprint density at radius 3 is 2.70 bits per heavy atom. The van der Waals surface area contributed by atoms with E-state index in [1.54, 1.807) is 6.26 Å². The van der Waals surface area contributed by atoms with E-state index < -0.39 is 5.97 Å². The first-order valence-corrected chi connectivity index (χ1v) is 7.04. The van der Waals surface area contributed by atoms with Crippen molar-refractivity contribution in [1.29, 1.82) is 0 Å². The summed E-state index contributed by atoms with van der Waals surface area (Å²) in [5.74, 6) is -0.371. The number of hydrogen-bond acceptors (Lipinski definition) is 4. The summed E-state index contributed by atoms with van der Waals surface area (Å²) < 4.78 is 5.23. The van der Waals surface area contributed by atoms with E-state index in [9.17, 15) is 9.59 Å². The molecule has 1 atom stereocenters. The normalized spacial score (nSPS) is 12.1. The number of carbonyl (C=O) groups is 2. The number of rotatable bonds is 6. The molecule has 0 aliphatic carbocycles. The Morgan fingerprint density at radius 1 is 1.35 bits per heavy atom. The van der Waals surface area contributed by atoms with E-state index in [4.69, 9.17) is 9.52 Å². The van der Waals surface area contributed by atoms with Crippen LogP contribution in [0.2, 0.25) is 0 Å². The lowest BCUT2D eigenvalue weighted by atomic mass is 10.1. The molecule has 0 spiro atoms. The van der Waals surface area contributed by atoms with E-state index in [1.807, 2.05) is 19.1 Å². The molecule has 2 aromatic heterocycles. The molecule has 1 amide bonds. The maximum atomic E-state index is 11.9. The summed E-state index contributed by atoms with van der Waals surface area (Å²) in [6.07, 6.45) is 3.13. The second-order valence-electron chi connectivity index (χ2n) is 4.46. The number of carbonyl (C=O) groups excluding carboxylic acids is 1. The molecule has 0 aromatic carbocycles. The fourth-order valence-electron chi connectivity index (χ4n) is 1.76. The Bertz CT molecular complexity index is 588. The highest BCUT2D eigenvalue weighted by Gasteiger charge is 2.15. The lowest BCUT2D eigenvalue weighted by Crippen LogP contribution is -2.32. The first-order valence-electron chi connectivity index (χ1n) is 6.22. The number of thiophene rings is 1. The topological polar surface area (TPSA) is 79.5 Å². The number of aromatic carboxylic acids is 1. The Balaban J connectivity index is 1.85. The van der Waals surface area contributed by atoms with E-state index in [0.717, 1.165) is 29.9 Å². The summed E-state index contributed by atoms with van der Waals surface area (Å²) in [5.41, 5.74) is 0. The SMILES string of the molecule is CC(CCc1ccco1)NC(=O)c1ccc(C(=O)O)s1. The summed E-state index contributed by atoms with van der Waals surface area (Å²) >= 11 is 0.977. The van der Waals surface area contributed by atoms with Crippen LogP contribution in [0.1, 0.15) is 38.4 Å². The van der Waals surface area contributed by atoms with E-state index >= 15 is 0 Å². The molecule has 0 fully saturated rings. The number of hydrogen-bond donors (Lipinski definition) is 2. The maximum absolute atomic E-state index is 11.9. The van der Waals surface area contributed by atoms with Crippen molar-refractivity contribution in [3.05, 3.63) is 46.0 Å². The molecule has 2 aromatic rings. The third kappa shape index (κ3) is 3.71. The summed E-state index contributed by atoms with van der Waals surface area (Å²) in [7, 11) is 0. The monoisotopic (exact) mass is 293 g/mol. The van der Waals surface area contributed by atoms with Crippen molar-refractivity contribution in [3.8, 4) is 0 Å². The molecule has 0 bridgehead atoms. The van der Waals surface area contributed by atoms with Gasteiger partial charge in [-0.05, 0) is 37.6 Å². The zero-order chi connectivity index (χ0) is 14.5. The van der Waals surface area contributed by atoms with Crippen LogP contribution in [0.5, 0.6) is 0 Å². The van der Waals surface area contributed by atoms with Crippen molar-refractivity contribution >= 4 is 23.2 Å². The second kappa shape index (κ2) is 6.38. The molecule has 0 aliphatic heterocycles. The summed E-state index contributed by atoms with van der Waals surface area (Å²) in [6, 6.07) is 6.69. The van der Waals surface area contributed by atoms with E-state index in [2.05, 4.69) is 5.32 Å². The van der Waals surface area contributed by atoms with Gasteiger partial charge in [0, 0.05) is 12.5 Å². The van der Waals surface area contributed by atoms with Gasteiger partial charge in [0.05, 0.1) is 11.1 Å². The van der Waals surface area contributed by atoms with Crippen LogP contribution in [0, 0.1) is 0 Å². The molecule has 2 heterocycles. The van der Waals surface area contributed by atoms with Gasteiger partial charge in [0.25, 0.3) is 5.91 Å². The molecule has 6 heteroatoms. The first kappa shape index (κ1) is 14.3. The van der Waals surface area contributed by atoms with Crippen LogP contribution >= 0.6 is 11.3 Å². The molecular formula is C14H15NO4S. The van der Waals surface area contributed by atoms with Crippen LogP contribution in [0.3, 0.4) is 0 Å². The van der Waals surface area contributed by atoms with Gasteiger partial charge in [-0.1, -0.05) is 0 Å². The fourth-order valence-corrected chi connectivity index (χ4v) is 2.50. The van der Waals surface area contributed by atoms with Crippen molar-refractivity contribution in [2.24, 2.45) is 0 Å². The number of carboxylic acids is 1. The van der Waals surface area contributed by atoms with Gasteiger partial charge in [0.2, 0.25) is 0 Å². The maximum Gasteiger partial charge on any atom is 0.345 e. The van der Waals surface area contributed by atoms with Crippen molar-refractivity contribution < 1.29 is 19.1 Å². The average molecular weight is 293 g/mol. The molecule has 2 N–H and O–H groups in total. The van der Waals surface area contributed by atoms with Crippen LogP contribution in [-0.4, -0.2) is 23.0 Å². The Morgan fingerprint density at radius 2 is 2.10 bits per heavy atom. The summed E-state index contributed by atoms with van der Waals surface area (Å²) in [5, 5.41) is 11.7. The van der Waals surface area contributed by atoms with Crippen LogP contribution in [0.4, 0.5) is 0 Å². The predicted molar refractivity (Wildman–Crippen MR) is 75.2 cm³/mol. The molecule has 20 heavy (non-hydrogen) atoms. The molecule has 106 valence electrons. The number of nitrogens with one attached hydrogen (secondary N) is 1. The highest BCUT2D eigenvalue weighted by atomic mass is 32.1. The average Bonchev–Trinajstić information content (AvgIpc) is 3.07. The minimum atomic E-state index is -1.01. The second-order valence-corrected chi connectivity index (χ2v) is 5.55. The van der Waals surface area contributed by atoms with E-state index in [1.165, 1.54) is 12.1 Å². The van der Waals surface area contributed by atoms with E-state index in [0.29, 0.717) is 4.88 Å². The quantitative estimate of drug-likeness (QED) is 0.858. The first-order chi connectivity index (χ1) is 9.56. The lowest BCUT2D eigenvalue weighted by molar-refractivity contribution is 0.0702. The number of amides is 1. The van der Waals surface area contributed by atoms with Crippen molar-refractivity contribution in [2.75, 3.05) is 0 Å².